The van der Waals surface area contributed by atoms with Crippen molar-refractivity contribution < 1.29 is 14.1 Å². The number of ether oxygens (including phenoxy) is 1. The van der Waals surface area contributed by atoms with Gasteiger partial charge in [0.1, 0.15) is 22.8 Å². The first kappa shape index (κ1) is 25.1. The Morgan fingerprint density at radius 3 is 2.79 bits per heavy atom. The van der Waals surface area contributed by atoms with E-state index in [2.05, 4.69) is 16.7 Å². The number of nitrogens with zero attached hydrogens (tertiary/aromatic N) is 4. The standard InChI is InChI=1S/C30H35N5O3S/c1-38-25-15-20(30(36)35-16-19-7-8-24(35)26(19)31)14-23-28(25)34(10-11-39(2)37)29(33-23)22-13-18-4-3-9-32-27(18)21(22)12-17-5-6-17/h3-4,9,13-15,17,19,21,24,26H,5-8,10-12,16,31H2,1-2H3/t19-,21?,24-,26-,39?/m1/s1. The Bertz CT molecular complexity index is 1480. The zero-order chi connectivity index (χ0) is 26.8. The lowest BCUT2D eigenvalue weighted by Gasteiger charge is -2.27. The lowest BCUT2D eigenvalue weighted by Crippen LogP contribution is -2.41. The van der Waals surface area contributed by atoms with E-state index in [0.717, 1.165) is 53.0 Å². The van der Waals surface area contributed by atoms with E-state index in [1.807, 2.05) is 29.3 Å². The molecular weight excluding hydrogens is 510 g/mol. The molecule has 1 aliphatic heterocycles. The number of hydrogen-bond donors (Lipinski definition) is 1. The van der Waals surface area contributed by atoms with Gasteiger partial charge in [0.2, 0.25) is 0 Å². The minimum atomic E-state index is -0.971. The second kappa shape index (κ2) is 9.64. The number of amides is 1. The van der Waals surface area contributed by atoms with E-state index in [9.17, 15) is 9.35 Å². The number of imidazole rings is 1. The SMILES string of the molecule is COc1cc(C(=O)N2C[C@H]3CC[C@@H]2[C@@H]3N)cc2nc(C3=Cc4cccnc4C3CC3CC3)n(CC[S+](C)[O-])c12. The molecule has 3 aromatic rings. The number of aryl methyl sites for hydroxylation is 1. The summed E-state index contributed by atoms with van der Waals surface area (Å²) in [6, 6.07) is 8.01. The molecule has 0 spiro atoms. The van der Waals surface area contributed by atoms with Crippen molar-refractivity contribution in [3.63, 3.8) is 0 Å². The molecule has 1 amide bonds. The van der Waals surface area contributed by atoms with Crippen LogP contribution in [0.3, 0.4) is 0 Å². The van der Waals surface area contributed by atoms with Crippen LogP contribution in [0.5, 0.6) is 5.75 Å². The van der Waals surface area contributed by atoms with Crippen LogP contribution < -0.4 is 10.5 Å². The van der Waals surface area contributed by atoms with Gasteiger partial charge in [-0.1, -0.05) is 30.1 Å². The number of fused-ring (bicyclic) bond motifs is 4. The van der Waals surface area contributed by atoms with E-state index in [4.69, 9.17) is 20.4 Å². The summed E-state index contributed by atoms with van der Waals surface area (Å²) in [7, 11) is 1.64. The van der Waals surface area contributed by atoms with Gasteiger partial charge in [-0.2, -0.15) is 0 Å². The summed E-state index contributed by atoms with van der Waals surface area (Å²) in [5.74, 6) is 3.23. The Hall–Kier alpha value is -2.88. The van der Waals surface area contributed by atoms with Crippen molar-refractivity contribution in [1.29, 1.82) is 0 Å². The second-order valence-corrected chi connectivity index (χ2v) is 13.2. The third kappa shape index (κ3) is 4.26. The smallest absolute Gasteiger partial charge is 0.254 e. The van der Waals surface area contributed by atoms with Crippen molar-refractivity contribution in [1.82, 2.24) is 19.4 Å². The minimum absolute atomic E-state index is 0.00749. The summed E-state index contributed by atoms with van der Waals surface area (Å²) in [6.45, 7) is 1.26. The molecule has 204 valence electrons. The first-order valence-corrected chi connectivity index (χ1v) is 15.8. The number of rotatable bonds is 8. The molecule has 1 aromatic carbocycles. The van der Waals surface area contributed by atoms with Gasteiger partial charge in [-0.3, -0.25) is 9.78 Å². The maximum Gasteiger partial charge on any atom is 0.254 e. The van der Waals surface area contributed by atoms with Crippen molar-refractivity contribution in [2.24, 2.45) is 17.6 Å². The molecule has 2 bridgehead atoms. The topological polar surface area (TPSA) is 109 Å². The lowest BCUT2D eigenvalue weighted by molar-refractivity contribution is 0.0700. The Balaban J connectivity index is 1.34. The maximum atomic E-state index is 13.7. The molecule has 2 unspecified atom stereocenters. The first-order valence-electron chi connectivity index (χ1n) is 14.0. The molecule has 4 aliphatic rings. The maximum absolute atomic E-state index is 13.7. The van der Waals surface area contributed by atoms with Crippen LogP contribution in [0.4, 0.5) is 0 Å². The van der Waals surface area contributed by atoms with Gasteiger partial charge < -0.3 is 24.5 Å². The average molecular weight is 546 g/mol. The largest absolute Gasteiger partial charge is 0.617 e. The highest BCUT2D eigenvalue weighted by molar-refractivity contribution is 7.90. The molecule has 3 fully saturated rings. The van der Waals surface area contributed by atoms with Gasteiger partial charge in [-0.05, 0) is 60.9 Å². The number of carbonyl (C=O) groups is 1. The van der Waals surface area contributed by atoms with E-state index in [-0.39, 0.29) is 23.9 Å². The zero-order valence-electron chi connectivity index (χ0n) is 22.5. The Morgan fingerprint density at radius 2 is 2.10 bits per heavy atom. The summed E-state index contributed by atoms with van der Waals surface area (Å²) < 4.78 is 20.2. The van der Waals surface area contributed by atoms with Crippen LogP contribution in [0.25, 0.3) is 22.7 Å². The minimum Gasteiger partial charge on any atom is -0.617 e. The number of carbonyl (C=O) groups excluding carboxylic acids is 1. The molecule has 3 aliphatic carbocycles. The van der Waals surface area contributed by atoms with Crippen molar-refractivity contribution in [3.05, 3.63) is 53.1 Å². The van der Waals surface area contributed by atoms with Crippen LogP contribution >= 0.6 is 0 Å². The first-order chi connectivity index (χ1) is 18.9. The summed E-state index contributed by atoms with van der Waals surface area (Å²) in [5, 5.41) is 0. The van der Waals surface area contributed by atoms with Crippen LogP contribution in [0, 0.1) is 11.8 Å². The molecule has 9 heteroatoms. The molecule has 8 nitrogen and oxygen atoms in total. The van der Waals surface area contributed by atoms with Crippen LogP contribution in [-0.4, -0.2) is 67.6 Å². The normalized spacial score (nSPS) is 26.3. The number of methoxy groups -OCH3 is 1. The molecular formula is C30H35N5O3S. The third-order valence-electron chi connectivity index (χ3n) is 9.20. The van der Waals surface area contributed by atoms with Gasteiger partial charge in [0.25, 0.3) is 5.91 Å². The van der Waals surface area contributed by atoms with Crippen molar-refractivity contribution in [2.75, 3.05) is 25.7 Å². The summed E-state index contributed by atoms with van der Waals surface area (Å²) in [4.78, 5) is 25.6. The third-order valence-corrected chi connectivity index (χ3v) is 9.96. The van der Waals surface area contributed by atoms with Gasteiger partial charge >= 0.3 is 0 Å². The fourth-order valence-corrected chi connectivity index (χ4v) is 7.46. The molecule has 39 heavy (non-hydrogen) atoms. The molecule has 5 atom stereocenters. The summed E-state index contributed by atoms with van der Waals surface area (Å²) >= 11 is -0.971. The zero-order valence-corrected chi connectivity index (χ0v) is 23.3. The highest BCUT2D eigenvalue weighted by Gasteiger charge is 2.47. The summed E-state index contributed by atoms with van der Waals surface area (Å²) in [5.41, 5.74) is 11.9. The molecule has 3 heterocycles. The average Bonchev–Trinajstić information content (AvgIpc) is 3.29. The number of likely N-dealkylation sites (tertiary alicyclic amines) is 1. The fraction of sp³-hybridized carbons (Fsp3) is 0.500. The van der Waals surface area contributed by atoms with Gasteiger partial charge in [-0.15, -0.1) is 0 Å². The van der Waals surface area contributed by atoms with Crippen molar-refractivity contribution in [2.45, 2.75) is 56.7 Å². The fourth-order valence-electron chi connectivity index (χ4n) is 7.02. The number of piperidine rings is 1. The number of nitrogens with two attached hydrogens (primary N) is 1. The molecule has 2 N–H and O–H groups in total. The van der Waals surface area contributed by atoms with Gasteiger partial charge in [0, 0.05) is 41.9 Å². The second-order valence-electron chi connectivity index (χ2n) is 11.7. The number of benzene rings is 1. The van der Waals surface area contributed by atoms with Gasteiger partial charge in [0.15, 0.2) is 0 Å². The monoisotopic (exact) mass is 545 g/mol. The summed E-state index contributed by atoms with van der Waals surface area (Å²) in [6.07, 6.45) is 11.5. The van der Waals surface area contributed by atoms with Crippen molar-refractivity contribution >= 4 is 39.8 Å². The molecule has 1 saturated heterocycles. The van der Waals surface area contributed by atoms with E-state index >= 15 is 0 Å². The molecule has 2 saturated carbocycles. The van der Waals surface area contributed by atoms with E-state index in [0.29, 0.717) is 42.0 Å². The Labute approximate surface area is 231 Å². The Morgan fingerprint density at radius 1 is 1.26 bits per heavy atom. The number of aromatic nitrogens is 3. The molecule has 0 radical (unpaired) electrons. The van der Waals surface area contributed by atoms with Crippen LogP contribution in [-0.2, 0) is 17.7 Å². The lowest BCUT2D eigenvalue weighted by atomic mass is 9.93. The van der Waals surface area contributed by atoms with Crippen LogP contribution in [0.15, 0.2) is 30.5 Å². The number of hydrogen-bond acceptors (Lipinski definition) is 6. The van der Waals surface area contributed by atoms with E-state index in [1.165, 1.54) is 12.8 Å². The predicted octanol–water partition coefficient (Wildman–Crippen LogP) is 3.82. The molecule has 2 aromatic heterocycles. The van der Waals surface area contributed by atoms with Gasteiger partial charge in [0.05, 0.1) is 31.1 Å². The van der Waals surface area contributed by atoms with Crippen LogP contribution in [0.2, 0.25) is 0 Å². The highest BCUT2D eigenvalue weighted by atomic mass is 32.2. The van der Waals surface area contributed by atoms with Crippen molar-refractivity contribution in [3.8, 4) is 5.75 Å². The predicted molar refractivity (Wildman–Crippen MR) is 153 cm³/mol. The quantitative estimate of drug-likeness (QED) is 0.431. The highest BCUT2D eigenvalue weighted by Crippen LogP contribution is 2.49. The number of allylic oxidation sites excluding steroid dienone is 1. The molecule has 7 rings (SSSR count). The number of pyridine rings is 1. The Kier molecular flexibility index (Phi) is 6.21. The van der Waals surface area contributed by atoms with Crippen LogP contribution in [0.1, 0.15) is 65.5 Å². The van der Waals surface area contributed by atoms with E-state index in [1.54, 1.807) is 13.4 Å². The van der Waals surface area contributed by atoms with Gasteiger partial charge in [-0.25, -0.2) is 4.98 Å². The van der Waals surface area contributed by atoms with E-state index < -0.39 is 11.2 Å².